The average molecular weight is 233 g/mol. The molecule has 1 aliphatic rings. The molecule has 0 atom stereocenters. The van der Waals surface area contributed by atoms with Crippen LogP contribution >= 0.6 is 0 Å². The predicted octanol–water partition coefficient (Wildman–Crippen LogP) is 0.933. The molecule has 0 bridgehead atoms. The van der Waals surface area contributed by atoms with Crippen molar-refractivity contribution in [2.45, 2.75) is 13.0 Å². The van der Waals surface area contributed by atoms with Crippen molar-refractivity contribution in [3.8, 4) is 0 Å². The zero-order chi connectivity index (χ0) is 12.3. The lowest BCUT2D eigenvalue weighted by atomic mass is 10.2. The van der Waals surface area contributed by atoms with E-state index in [1.807, 2.05) is 36.2 Å². The molecule has 0 aromatic heterocycles. The first-order chi connectivity index (χ1) is 8.15. The summed E-state index contributed by atoms with van der Waals surface area (Å²) in [5.74, 6) is 0.206. The highest BCUT2D eigenvalue weighted by molar-refractivity contribution is 5.78. The van der Waals surface area contributed by atoms with Crippen LogP contribution in [0.2, 0.25) is 0 Å². The van der Waals surface area contributed by atoms with Crippen LogP contribution in [0.5, 0.6) is 0 Å². The molecule has 1 fully saturated rings. The second-order valence-electron chi connectivity index (χ2n) is 4.62. The van der Waals surface area contributed by atoms with Crippen molar-refractivity contribution in [1.29, 1.82) is 0 Å². The zero-order valence-corrected chi connectivity index (χ0v) is 10.2. The number of carbonyl (C=O) groups excluding carboxylic acids is 1. The minimum atomic E-state index is 0.206. The van der Waals surface area contributed by atoms with E-state index in [0.29, 0.717) is 6.54 Å². The average Bonchev–Trinajstić information content (AvgIpc) is 2.45. The third-order valence-corrected chi connectivity index (χ3v) is 3.14. The first kappa shape index (κ1) is 11.9. The van der Waals surface area contributed by atoms with Crippen LogP contribution in [0.3, 0.4) is 0 Å². The Balaban J connectivity index is 1.98. The summed E-state index contributed by atoms with van der Waals surface area (Å²) in [4.78, 5) is 15.7. The molecule has 1 amide bonds. The van der Waals surface area contributed by atoms with Gasteiger partial charge in [-0.05, 0) is 24.1 Å². The largest absolute Gasteiger partial charge is 0.399 e. The monoisotopic (exact) mass is 233 g/mol. The highest BCUT2D eigenvalue weighted by Gasteiger charge is 2.18. The maximum absolute atomic E-state index is 11.7. The molecule has 0 spiro atoms. The first-order valence-corrected chi connectivity index (χ1v) is 5.96. The number of carbonyl (C=O) groups is 1. The third kappa shape index (κ3) is 3.20. The number of amides is 1. The van der Waals surface area contributed by atoms with Crippen LogP contribution in [-0.2, 0) is 11.3 Å². The van der Waals surface area contributed by atoms with Crippen molar-refractivity contribution in [3.05, 3.63) is 29.8 Å². The molecule has 2 rings (SSSR count). The Bertz CT molecular complexity index is 388. The fraction of sp³-hybridized carbons (Fsp3) is 0.462. The number of nitrogens with zero attached hydrogens (tertiary/aromatic N) is 2. The van der Waals surface area contributed by atoms with Crippen molar-refractivity contribution in [2.24, 2.45) is 0 Å². The van der Waals surface area contributed by atoms with Gasteiger partial charge < -0.3 is 10.6 Å². The van der Waals surface area contributed by atoms with E-state index in [1.165, 1.54) is 5.56 Å². The van der Waals surface area contributed by atoms with Crippen molar-refractivity contribution in [3.63, 3.8) is 0 Å². The van der Waals surface area contributed by atoms with Crippen molar-refractivity contribution < 1.29 is 4.79 Å². The second-order valence-corrected chi connectivity index (χ2v) is 4.62. The van der Waals surface area contributed by atoms with Crippen LogP contribution in [0.25, 0.3) is 0 Å². The molecule has 4 heteroatoms. The molecule has 17 heavy (non-hydrogen) atoms. The molecule has 1 aliphatic heterocycles. The van der Waals surface area contributed by atoms with Gasteiger partial charge >= 0.3 is 0 Å². The van der Waals surface area contributed by atoms with Crippen LogP contribution in [0.15, 0.2) is 24.3 Å². The summed E-state index contributed by atoms with van der Waals surface area (Å²) < 4.78 is 0. The van der Waals surface area contributed by atoms with Gasteiger partial charge in [0.1, 0.15) is 0 Å². The van der Waals surface area contributed by atoms with Crippen LogP contribution in [0.1, 0.15) is 12.0 Å². The molecule has 2 N–H and O–H groups in total. The maximum atomic E-state index is 11.7. The van der Waals surface area contributed by atoms with Crippen molar-refractivity contribution >= 4 is 11.6 Å². The van der Waals surface area contributed by atoms with Crippen LogP contribution < -0.4 is 5.73 Å². The predicted molar refractivity (Wildman–Crippen MR) is 68.4 cm³/mol. The van der Waals surface area contributed by atoms with Gasteiger partial charge in [-0.15, -0.1) is 0 Å². The van der Waals surface area contributed by atoms with Crippen LogP contribution in [0.4, 0.5) is 5.69 Å². The molecule has 92 valence electrons. The smallest absolute Gasteiger partial charge is 0.236 e. The summed E-state index contributed by atoms with van der Waals surface area (Å²) in [6, 6.07) is 7.85. The van der Waals surface area contributed by atoms with Gasteiger partial charge in [-0.25, -0.2) is 0 Å². The molecule has 1 saturated heterocycles. The Morgan fingerprint density at radius 2 is 1.94 bits per heavy atom. The Morgan fingerprint density at radius 1 is 1.24 bits per heavy atom. The molecule has 4 nitrogen and oxygen atoms in total. The fourth-order valence-corrected chi connectivity index (χ4v) is 2.06. The summed E-state index contributed by atoms with van der Waals surface area (Å²) in [5, 5.41) is 0. The molecule has 1 aromatic carbocycles. The normalized spacial score (nSPS) is 18.2. The highest BCUT2D eigenvalue weighted by Crippen LogP contribution is 2.11. The van der Waals surface area contributed by atoms with Crippen LogP contribution in [0, 0.1) is 0 Å². The lowest BCUT2D eigenvalue weighted by Crippen LogP contribution is -2.34. The number of nitrogen functional groups attached to an aromatic ring is 1. The highest BCUT2D eigenvalue weighted by atomic mass is 16.2. The molecule has 0 aliphatic carbocycles. The summed E-state index contributed by atoms with van der Waals surface area (Å²) >= 11 is 0. The van der Waals surface area contributed by atoms with Gasteiger partial charge in [0, 0.05) is 32.4 Å². The number of hydrogen-bond donors (Lipinski definition) is 1. The van der Waals surface area contributed by atoms with Gasteiger partial charge in [0.2, 0.25) is 5.91 Å². The standard InChI is InChI=1S/C13H19N3O/c1-15-7-2-8-16(10-13(15)17)9-11-3-5-12(14)6-4-11/h3-6H,2,7-10,14H2,1H3. The van der Waals surface area contributed by atoms with E-state index in [2.05, 4.69) is 4.90 Å². The van der Waals surface area contributed by atoms with Gasteiger partial charge in [-0.2, -0.15) is 0 Å². The van der Waals surface area contributed by atoms with E-state index >= 15 is 0 Å². The number of nitrogens with two attached hydrogens (primary N) is 1. The van der Waals surface area contributed by atoms with Crippen LogP contribution in [-0.4, -0.2) is 42.4 Å². The summed E-state index contributed by atoms with van der Waals surface area (Å²) in [7, 11) is 1.87. The van der Waals surface area contributed by atoms with E-state index < -0.39 is 0 Å². The van der Waals surface area contributed by atoms with E-state index in [9.17, 15) is 4.79 Å². The number of anilines is 1. The van der Waals surface area contributed by atoms with Crippen molar-refractivity contribution in [2.75, 3.05) is 32.4 Å². The minimum Gasteiger partial charge on any atom is -0.399 e. The lowest BCUT2D eigenvalue weighted by Gasteiger charge is -2.19. The van der Waals surface area contributed by atoms with E-state index in [-0.39, 0.29) is 5.91 Å². The number of hydrogen-bond acceptors (Lipinski definition) is 3. The summed E-state index contributed by atoms with van der Waals surface area (Å²) in [6.45, 7) is 3.16. The summed E-state index contributed by atoms with van der Waals surface area (Å²) in [6.07, 6.45) is 1.04. The maximum Gasteiger partial charge on any atom is 0.236 e. The SMILES string of the molecule is CN1CCCN(Cc2ccc(N)cc2)CC1=O. The molecule has 0 radical (unpaired) electrons. The van der Waals surface area contributed by atoms with Gasteiger partial charge in [0.15, 0.2) is 0 Å². The topological polar surface area (TPSA) is 49.6 Å². The summed E-state index contributed by atoms with van der Waals surface area (Å²) in [5.41, 5.74) is 7.63. The number of rotatable bonds is 2. The quantitative estimate of drug-likeness (QED) is 0.773. The fourth-order valence-electron chi connectivity index (χ4n) is 2.06. The molecule has 0 saturated carbocycles. The second kappa shape index (κ2) is 5.19. The van der Waals surface area contributed by atoms with E-state index in [1.54, 1.807) is 0 Å². The van der Waals surface area contributed by atoms with E-state index in [0.717, 1.165) is 31.7 Å². The molecule has 1 aromatic rings. The van der Waals surface area contributed by atoms with Gasteiger partial charge in [-0.1, -0.05) is 12.1 Å². The van der Waals surface area contributed by atoms with Gasteiger partial charge in [0.05, 0.1) is 6.54 Å². The van der Waals surface area contributed by atoms with Crippen molar-refractivity contribution in [1.82, 2.24) is 9.80 Å². The third-order valence-electron chi connectivity index (χ3n) is 3.14. The molecular weight excluding hydrogens is 214 g/mol. The lowest BCUT2D eigenvalue weighted by molar-refractivity contribution is -0.129. The molecule has 0 unspecified atom stereocenters. The molecular formula is C13H19N3O. The van der Waals surface area contributed by atoms with Gasteiger partial charge in [0.25, 0.3) is 0 Å². The Morgan fingerprint density at radius 3 is 2.65 bits per heavy atom. The Kier molecular flexibility index (Phi) is 3.64. The Labute approximate surface area is 102 Å². The number of likely N-dealkylation sites (N-methyl/N-ethyl adjacent to an activating group) is 1. The van der Waals surface area contributed by atoms with E-state index in [4.69, 9.17) is 5.73 Å². The Hall–Kier alpha value is -1.55. The zero-order valence-electron chi connectivity index (χ0n) is 10.2. The number of benzene rings is 1. The first-order valence-electron chi connectivity index (χ1n) is 5.96. The van der Waals surface area contributed by atoms with Gasteiger partial charge in [-0.3, -0.25) is 9.69 Å². The minimum absolute atomic E-state index is 0.206. The molecule has 1 heterocycles.